The van der Waals surface area contributed by atoms with Crippen molar-refractivity contribution in [2.24, 2.45) is 0 Å². The van der Waals surface area contributed by atoms with Gasteiger partial charge in [0.15, 0.2) is 0 Å². The van der Waals surface area contributed by atoms with Crippen LogP contribution < -0.4 is 5.32 Å². The van der Waals surface area contributed by atoms with Gasteiger partial charge in [0.05, 0.1) is 0 Å². The minimum atomic E-state index is -0.263. The summed E-state index contributed by atoms with van der Waals surface area (Å²) in [6.07, 6.45) is 1.51. The molecule has 4 heteroatoms. The molecule has 1 aromatic rings. The van der Waals surface area contributed by atoms with E-state index in [-0.39, 0.29) is 11.4 Å². The van der Waals surface area contributed by atoms with E-state index in [9.17, 15) is 4.79 Å². The Labute approximate surface area is 88.5 Å². The number of carbonyl (C=O) groups is 1. The van der Waals surface area contributed by atoms with Crippen LogP contribution in [-0.4, -0.2) is 16.4 Å². The highest BCUT2D eigenvalue weighted by Gasteiger charge is 2.15. The van der Waals surface area contributed by atoms with Crippen molar-refractivity contribution in [3.8, 4) is 0 Å². The molecule has 0 aliphatic carbocycles. The number of nitrogens with zero attached hydrogens (tertiary/aromatic N) is 1. The van der Waals surface area contributed by atoms with E-state index in [2.05, 4.69) is 10.3 Å². The quantitative estimate of drug-likeness (QED) is 0.776. The summed E-state index contributed by atoms with van der Waals surface area (Å²) in [6.45, 7) is 5.74. The van der Waals surface area contributed by atoms with Crippen molar-refractivity contribution < 1.29 is 4.79 Å². The smallest absolute Gasteiger partial charge is 0.270 e. The topological polar surface area (TPSA) is 42.0 Å². The average Bonchev–Trinajstić information content (AvgIpc) is 2.01. The van der Waals surface area contributed by atoms with Crippen LogP contribution in [0.25, 0.3) is 0 Å². The summed E-state index contributed by atoms with van der Waals surface area (Å²) in [5.74, 6) is -0.208. The molecule has 1 amide bonds. The van der Waals surface area contributed by atoms with E-state index in [1.165, 1.54) is 6.20 Å². The van der Waals surface area contributed by atoms with E-state index in [4.69, 9.17) is 11.6 Å². The van der Waals surface area contributed by atoms with E-state index in [1.54, 1.807) is 12.1 Å². The molecule has 1 rings (SSSR count). The standard InChI is InChI=1S/C10H13ClN2O/c1-10(2,3)13-9(14)8-6-7(11)4-5-12-8/h4-6H,1-3H3,(H,13,14). The highest BCUT2D eigenvalue weighted by atomic mass is 35.5. The number of hydrogen-bond acceptors (Lipinski definition) is 2. The van der Waals surface area contributed by atoms with Crippen LogP contribution in [0.15, 0.2) is 18.3 Å². The van der Waals surface area contributed by atoms with Crippen LogP contribution in [0.2, 0.25) is 5.02 Å². The lowest BCUT2D eigenvalue weighted by Gasteiger charge is -2.19. The van der Waals surface area contributed by atoms with Gasteiger partial charge in [0.25, 0.3) is 5.91 Å². The number of halogens is 1. The SMILES string of the molecule is CC(C)(C)NC(=O)c1cc(Cl)ccn1. The van der Waals surface area contributed by atoms with Gasteiger partial charge in [-0.1, -0.05) is 11.6 Å². The summed E-state index contributed by atoms with van der Waals surface area (Å²) in [5, 5.41) is 3.32. The van der Waals surface area contributed by atoms with E-state index in [0.717, 1.165) is 0 Å². The molecule has 0 saturated carbocycles. The zero-order chi connectivity index (χ0) is 10.8. The Kier molecular flexibility index (Phi) is 3.11. The average molecular weight is 213 g/mol. The Balaban J connectivity index is 2.80. The van der Waals surface area contributed by atoms with Crippen molar-refractivity contribution in [3.63, 3.8) is 0 Å². The summed E-state index contributed by atoms with van der Waals surface area (Å²) >= 11 is 5.74. The molecule has 0 aliphatic heterocycles. The van der Waals surface area contributed by atoms with Gasteiger partial charge in [0.2, 0.25) is 0 Å². The molecular formula is C10H13ClN2O. The molecule has 0 spiro atoms. The van der Waals surface area contributed by atoms with Gasteiger partial charge in [-0.3, -0.25) is 9.78 Å². The summed E-state index contributed by atoms with van der Waals surface area (Å²) in [7, 11) is 0. The molecule has 0 atom stereocenters. The van der Waals surface area contributed by atoms with Crippen LogP contribution in [0.5, 0.6) is 0 Å². The zero-order valence-electron chi connectivity index (χ0n) is 8.47. The van der Waals surface area contributed by atoms with Crippen LogP contribution in [0.4, 0.5) is 0 Å². The van der Waals surface area contributed by atoms with Gasteiger partial charge in [0, 0.05) is 16.8 Å². The number of nitrogens with one attached hydrogen (secondary N) is 1. The molecule has 1 heterocycles. The molecule has 1 aromatic heterocycles. The number of pyridine rings is 1. The lowest BCUT2D eigenvalue weighted by Crippen LogP contribution is -2.40. The van der Waals surface area contributed by atoms with Crippen molar-refractivity contribution in [1.82, 2.24) is 10.3 Å². The first-order valence-electron chi connectivity index (χ1n) is 4.32. The minimum absolute atomic E-state index is 0.208. The van der Waals surface area contributed by atoms with Crippen LogP contribution in [0, 0.1) is 0 Å². The van der Waals surface area contributed by atoms with Crippen molar-refractivity contribution >= 4 is 17.5 Å². The number of hydrogen-bond donors (Lipinski definition) is 1. The van der Waals surface area contributed by atoms with E-state index >= 15 is 0 Å². The Morgan fingerprint density at radius 2 is 2.14 bits per heavy atom. The fraction of sp³-hybridized carbons (Fsp3) is 0.400. The van der Waals surface area contributed by atoms with Gasteiger partial charge in [-0.25, -0.2) is 0 Å². The molecule has 0 unspecified atom stereocenters. The second-order valence-corrected chi connectivity index (χ2v) is 4.50. The molecule has 0 radical (unpaired) electrons. The second kappa shape index (κ2) is 3.96. The molecule has 0 bridgehead atoms. The fourth-order valence-corrected chi connectivity index (χ4v) is 1.09. The van der Waals surface area contributed by atoms with Crippen LogP contribution >= 0.6 is 11.6 Å². The Morgan fingerprint density at radius 3 is 2.64 bits per heavy atom. The fourth-order valence-electron chi connectivity index (χ4n) is 0.934. The summed E-state index contributed by atoms with van der Waals surface area (Å²) < 4.78 is 0. The molecule has 14 heavy (non-hydrogen) atoms. The second-order valence-electron chi connectivity index (χ2n) is 4.06. The van der Waals surface area contributed by atoms with Gasteiger partial charge in [0.1, 0.15) is 5.69 Å². The highest BCUT2D eigenvalue weighted by Crippen LogP contribution is 2.09. The van der Waals surface area contributed by atoms with Gasteiger partial charge in [-0.2, -0.15) is 0 Å². The summed E-state index contributed by atoms with van der Waals surface area (Å²) in [5.41, 5.74) is 0.0774. The van der Waals surface area contributed by atoms with Crippen molar-refractivity contribution in [1.29, 1.82) is 0 Å². The number of amides is 1. The normalized spacial score (nSPS) is 11.1. The van der Waals surface area contributed by atoms with Crippen molar-refractivity contribution in [2.75, 3.05) is 0 Å². The molecular weight excluding hydrogens is 200 g/mol. The lowest BCUT2D eigenvalue weighted by atomic mass is 10.1. The predicted molar refractivity (Wildman–Crippen MR) is 56.5 cm³/mol. The van der Waals surface area contributed by atoms with E-state index < -0.39 is 0 Å². The van der Waals surface area contributed by atoms with Crippen molar-refractivity contribution in [2.45, 2.75) is 26.3 Å². The minimum Gasteiger partial charge on any atom is -0.346 e. The maximum Gasteiger partial charge on any atom is 0.270 e. The molecule has 1 N–H and O–H groups in total. The van der Waals surface area contributed by atoms with Crippen LogP contribution in [0.1, 0.15) is 31.3 Å². The zero-order valence-corrected chi connectivity index (χ0v) is 9.22. The molecule has 0 aromatic carbocycles. The molecule has 0 fully saturated rings. The molecule has 0 aliphatic rings. The maximum atomic E-state index is 11.6. The van der Waals surface area contributed by atoms with Gasteiger partial charge < -0.3 is 5.32 Å². The third-order valence-electron chi connectivity index (χ3n) is 1.44. The number of carbonyl (C=O) groups excluding carboxylic acids is 1. The monoisotopic (exact) mass is 212 g/mol. The third-order valence-corrected chi connectivity index (χ3v) is 1.68. The lowest BCUT2D eigenvalue weighted by molar-refractivity contribution is 0.0914. The van der Waals surface area contributed by atoms with Gasteiger partial charge >= 0.3 is 0 Å². The Bertz CT molecular complexity index is 344. The Morgan fingerprint density at radius 1 is 1.50 bits per heavy atom. The largest absolute Gasteiger partial charge is 0.346 e. The maximum absolute atomic E-state index is 11.6. The highest BCUT2D eigenvalue weighted by molar-refractivity contribution is 6.30. The van der Waals surface area contributed by atoms with Crippen molar-refractivity contribution in [3.05, 3.63) is 29.0 Å². The summed E-state index contributed by atoms with van der Waals surface area (Å²) in [6, 6.07) is 3.18. The van der Waals surface area contributed by atoms with Crippen LogP contribution in [0.3, 0.4) is 0 Å². The van der Waals surface area contributed by atoms with Gasteiger partial charge in [-0.15, -0.1) is 0 Å². The number of aromatic nitrogens is 1. The molecule has 0 saturated heterocycles. The molecule has 76 valence electrons. The van der Waals surface area contributed by atoms with E-state index in [0.29, 0.717) is 10.7 Å². The number of rotatable bonds is 1. The Hall–Kier alpha value is -1.09. The first-order chi connectivity index (χ1) is 6.38. The van der Waals surface area contributed by atoms with Gasteiger partial charge in [-0.05, 0) is 32.9 Å². The first-order valence-corrected chi connectivity index (χ1v) is 4.70. The summed E-state index contributed by atoms with van der Waals surface area (Å²) in [4.78, 5) is 15.5. The van der Waals surface area contributed by atoms with E-state index in [1.807, 2.05) is 20.8 Å². The van der Waals surface area contributed by atoms with Crippen LogP contribution in [-0.2, 0) is 0 Å². The predicted octanol–water partition coefficient (Wildman–Crippen LogP) is 2.26. The third kappa shape index (κ3) is 3.34. The molecule has 3 nitrogen and oxygen atoms in total. The first kappa shape index (κ1) is 11.0.